The largest absolute Gasteiger partial charge is 0.321 e. The fourth-order valence-electron chi connectivity index (χ4n) is 2.87. The Balaban J connectivity index is 1.93. The van der Waals surface area contributed by atoms with E-state index in [-0.39, 0.29) is 27.8 Å². The van der Waals surface area contributed by atoms with E-state index in [2.05, 4.69) is 10.6 Å². The Hall–Kier alpha value is -4.30. The Morgan fingerprint density at radius 2 is 1.67 bits per heavy atom. The number of carbonyl (C=O) groups is 3. The van der Waals surface area contributed by atoms with E-state index in [4.69, 9.17) is 11.6 Å². The minimum absolute atomic E-state index is 0.119. The van der Waals surface area contributed by atoms with Gasteiger partial charge in [0.2, 0.25) is 0 Å². The lowest BCUT2D eigenvalue weighted by molar-refractivity contribution is -0.384. The van der Waals surface area contributed by atoms with Gasteiger partial charge in [-0.1, -0.05) is 35.9 Å². The third-order valence-corrected chi connectivity index (χ3v) is 4.88. The number of benzene rings is 3. The summed E-state index contributed by atoms with van der Waals surface area (Å²) in [4.78, 5) is 47.7. The minimum atomic E-state index is -0.669. The van der Waals surface area contributed by atoms with E-state index in [1.807, 2.05) is 0 Å². The highest BCUT2D eigenvalue weighted by molar-refractivity contribution is 6.34. The van der Waals surface area contributed by atoms with Crippen molar-refractivity contribution in [3.05, 3.63) is 110 Å². The van der Waals surface area contributed by atoms with Crippen molar-refractivity contribution in [3.8, 4) is 0 Å². The lowest BCUT2D eigenvalue weighted by Crippen LogP contribution is -2.31. The van der Waals surface area contributed by atoms with Crippen LogP contribution in [0, 0.1) is 10.1 Å². The maximum absolute atomic E-state index is 13.0. The predicted molar refractivity (Wildman–Crippen MR) is 125 cm³/mol. The molecule has 3 rings (SSSR count). The van der Waals surface area contributed by atoms with Crippen LogP contribution in [0.3, 0.4) is 0 Å². The molecule has 0 saturated heterocycles. The van der Waals surface area contributed by atoms with Crippen molar-refractivity contribution >= 4 is 46.6 Å². The van der Waals surface area contributed by atoms with Gasteiger partial charge in [0.25, 0.3) is 17.5 Å². The first kappa shape index (κ1) is 23.4. The lowest BCUT2D eigenvalue weighted by Gasteiger charge is -2.12. The molecule has 0 atom stereocenters. The predicted octanol–water partition coefficient (Wildman–Crippen LogP) is 4.86. The number of carbonyl (C=O) groups excluding carboxylic acids is 3. The summed E-state index contributed by atoms with van der Waals surface area (Å²) in [5.41, 5.74) is 1.04. The summed E-state index contributed by atoms with van der Waals surface area (Å²) in [7, 11) is 0. The molecule has 9 heteroatoms. The molecular weight excluding hydrogens is 446 g/mol. The van der Waals surface area contributed by atoms with Crippen LogP contribution in [-0.4, -0.2) is 22.5 Å². The molecule has 0 aliphatic rings. The van der Waals surface area contributed by atoms with E-state index < -0.39 is 16.7 Å². The number of nitro benzene ring substituents is 1. The molecule has 0 radical (unpaired) electrons. The van der Waals surface area contributed by atoms with Crippen LogP contribution in [0.2, 0.25) is 5.02 Å². The van der Waals surface area contributed by atoms with Gasteiger partial charge in [-0.05, 0) is 55.0 Å². The zero-order valence-electron chi connectivity index (χ0n) is 17.4. The number of amides is 2. The van der Waals surface area contributed by atoms with Gasteiger partial charge in [0.1, 0.15) is 5.70 Å². The van der Waals surface area contributed by atoms with Crippen molar-refractivity contribution in [1.29, 1.82) is 0 Å². The molecule has 2 amide bonds. The van der Waals surface area contributed by atoms with Crippen LogP contribution in [0.15, 0.2) is 78.5 Å². The van der Waals surface area contributed by atoms with Crippen LogP contribution >= 0.6 is 11.6 Å². The number of anilines is 1. The van der Waals surface area contributed by atoms with Gasteiger partial charge in [-0.3, -0.25) is 24.5 Å². The summed E-state index contributed by atoms with van der Waals surface area (Å²) in [6.07, 6.45) is 1.32. The summed E-state index contributed by atoms with van der Waals surface area (Å²) in [5.74, 6) is -1.41. The van der Waals surface area contributed by atoms with E-state index >= 15 is 0 Å². The first-order valence-electron chi connectivity index (χ1n) is 9.69. The number of hydrogen-bond acceptors (Lipinski definition) is 5. The van der Waals surface area contributed by atoms with Crippen molar-refractivity contribution < 1.29 is 19.3 Å². The molecular formula is C24H18ClN3O5. The summed E-state index contributed by atoms with van der Waals surface area (Å²) in [6, 6.07) is 18.2. The number of nitrogens with one attached hydrogen (secondary N) is 2. The minimum Gasteiger partial charge on any atom is -0.321 e. The monoisotopic (exact) mass is 463 g/mol. The third kappa shape index (κ3) is 6.11. The summed E-state index contributed by atoms with van der Waals surface area (Å²) < 4.78 is 0. The van der Waals surface area contributed by atoms with Crippen LogP contribution in [0.4, 0.5) is 11.4 Å². The van der Waals surface area contributed by atoms with Crippen LogP contribution in [-0.2, 0) is 4.79 Å². The number of non-ortho nitro benzene ring substituents is 1. The van der Waals surface area contributed by atoms with Crippen LogP contribution in [0.5, 0.6) is 0 Å². The van der Waals surface area contributed by atoms with Gasteiger partial charge in [-0.2, -0.15) is 0 Å². The smallest absolute Gasteiger partial charge is 0.272 e. The highest BCUT2D eigenvalue weighted by Gasteiger charge is 2.17. The maximum atomic E-state index is 13.0. The third-order valence-electron chi connectivity index (χ3n) is 4.55. The molecule has 0 unspecified atom stereocenters. The van der Waals surface area contributed by atoms with Gasteiger partial charge >= 0.3 is 0 Å². The second-order valence-corrected chi connectivity index (χ2v) is 7.34. The second-order valence-electron chi connectivity index (χ2n) is 6.93. The van der Waals surface area contributed by atoms with Gasteiger partial charge in [0.15, 0.2) is 5.78 Å². The standard InChI is InChI=1S/C24H18ClN3O5/c1-15(29)17-9-11-18(12-10-17)26-24(31)22(14-16-5-4-6-19(13-16)28(32)33)27-23(30)20-7-2-3-8-21(20)25/h2-14H,1H3,(H,26,31)(H,27,30)/b22-14+. The number of hydrogen-bond donors (Lipinski definition) is 2. The van der Waals surface area contributed by atoms with Crippen molar-refractivity contribution in [2.75, 3.05) is 5.32 Å². The van der Waals surface area contributed by atoms with E-state index in [1.165, 1.54) is 43.3 Å². The SMILES string of the molecule is CC(=O)c1ccc(NC(=O)/C(=C\c2cccc([N+](=O)[O-])c2)NC(=O)c2ccccc2Cl)cc1. The van der Waals surface area contributed by atoms with Gasteiger partial charge in [0, 0.05) is 23.4 Å². The number of rotatable bonds is 7. The second kappa shape index (κ2) is 10.3. The Morgan fingerprint density at radius 1 is 0.970 bits per heavy atom. The fourth-order valence-corrected chi connectivity index (χ4v) is 3.10. The van der Waals surface area contributed by atoms with Crippen molar-refractivity contribution in [1.82, 2.24) is 5.32 Å². The number of halogens is 1. The van der Waals surface area contributed by atoms with Crippen molar-refractivity contribution in [2.45, 2.75) is 6.92 Å². The van der Waals surface area contributed by atoms with Gasteiger partial charge in [-0.25, -0.2) is 0 Å². The number of Topliss-reactive ketones (excluding diaryl/α,β-unsaturated/α-hetero) is 1. The molecule has 0 aliphatic carbocycles. The van der Waals surface area contributed by atoms with Crippen LogP contribution in [0.25, 0.3) is 6.08 Å². The zero-order valence-corrected chi connectivity index (χ0v) is 18.1. The fraction of sp³-hybridized carbons (Fsp3) is 0.0417. The summed E-state index contributed by atoms with van der Waals surface area (Å²) in [6.45, 7) is 1.43. The molecule has 0 heterocycles. The van der Waals surface area contributed by atoms with E-state index in [0.717, 1.165) is 0 Å². The van der Waals surface area contributed by atoms with Crippen LogP contribution in [0.1, 0.15) is 33.2 Å². The molecule has 0 fully saturated rings. The molecule has 3 aromatic carbocycles. The quantitative estimate of drug-likeness (QED) is 0.224. The van der Waals surface area contributed by atoms with Gasteiger partial charge < -0.3 is 10.6 Å². The van der Waals surface area contributed by atoms with E-state index in [0.29, 0.717) is 16.8 Å². The van der Waals surface area contributed by atoms with Crippen molar-refractivity contribution in [2.24, 2.45) is 0 Å². The molecule has 0 aliphatic heterocycles. The molecule has 0 aromatic heterocycles. The average Bonchev–Trinajstić information content (AvgIpc) is 2.79. The highest BCUT2D eigenvalue weighted by Crippen LogP contribution is 2.19. The lowest BCUT2D eigenvalue weighted by atomic mass is 10.1. The van der Waals surface area contributed by atoms with E-state index in [9.17, 15) is 24.5 Å². The Kier molecular flexibility index (Phi) is 7.32. The Morgan fingerprint density at radius 3 is 2.30 bits per heavy atom. The average molecular weight is 464 g/mol. The zero-order chi connectivity index (χ0) is 24.0. The normalized spacial score (nSPS) is 10.9. The molecule has 0 bridgehead atoms. The van der Waals surface area contributed by atoms with E-state index in [1.54, 1.807) is 42.5 Å². The molecule has 0 spiro atoms. The first-order valence-corrected chi connectivity index (χ1v) is 10.1. The maximum Gasteiger partial charge on any atom is 0.272 e. The molecule has 3 aromatic rings. The summed E-state index contributed by atoms with van der Waals surface area (Å²) in [5, 5.41) is 16.4. The van der Waals surface area contributed by atoms with Crippen molar-refractivity contribution in [3.63, 3.8) is 0 Å². The van der Waals surface area contributed by atoms with Crippen LogP contribution < -0.4 is 10.6 Å². The molecule has 8 nitrogen and oxygen atoms in total. The van der Waals surface area contributed by atoms with Gasteiger partial charge in [-0.15, -0.1) is 0 Å². The molecule has 166 valence electrons. The Bertz CT molecular complexity index is 1270. The Labute approximate surface area is 194 Å². The summed E-state index contributed by atoms with van der Waals surface area (Å²) >= 11 is 6.08. The van der Waals surface area contributed by atoms with Gasteiger partial charge in [0.05, 0.1) is 15.5 Å². The molecule has 0 saturated carbocycles. The number of nitro groups is 1. The molecule has 2 N–H and O–H groups in total. The first-order chi connectivity index (χ1) is 15.7. The molecule has 33 heavy (non-hydrogen) atoms. The topological polar surface area (TPSA) is 118 Å². The number of ketones is 1. The highest BCUT2D eigenvalue weighted by atomic mass is 35.5. The number of nitrogens with zero attached hydrogens (tertiary/aromatic N) is 1.